The molecular weight excluding hydrogens is 348 g/mol. The first-order valence-corrected chi connectivity index (χ1v) is 10.5. The fourth-order valence-corrected chi connectivity index (χ4v) is 3.29. The molecule has 2 N–H and O–H groups in total. The summed E-state index contributed by atoms with van der Waals surface area (Å²) < 4.78 is 0. The van der Waals surface area contributed by atoms with E-state index >= 15 is 0 Å². The minimum Gasteiger partial charge on any atom is -0.392 e. The summed E-state index contributed by atoms with van der Waals surface area (Å²) in [5.41, 5.74) is 2.52. The van der Waals surface area contributed by atoms with E-state index in [9.17, 15) is 10.2 Å². The Bertz CT molecular complexity index is 578. The Labute approximate surface area is 170 Å². The van der Waals surface area contributed by atoms with Crippen molar-refractivity contribution in [3.05, 3.63) is 71.8 Å². The second-order valence-electron chi connectivity index (χ2n) is 7.57. The van der Waals surface area contributed by atoms with Crippen LogP contribution in [-0.4, -0.2) is 58.4 Å². The van der Waals surface area contributed by atoms with Crippen LogP contribution < -0.4 is 0 Å². The van der Waals surface area contributed by atoms with Gasteiger partial charge in [0.15, 0.2) is 0 Å². The minimum atomic E-state index is -0.312. The van der Waals surface area contributed by atoms with Gasteiger partial charge in [-0.3, -0.25) is 9.80 Å². The molecular formula is C24H36N2O2. The number of hydrogen-bond acceptors (Lipinski definition) is 4. The summed E-state index contributed by atoms with van der Waals surface area (Å²) in [6.07, 6.45) is 0.890. The van der Waals surface area contributed by atoms with Gasteiger partial charge in [0.2, 0.25) is 0 Å². The first-order valence-electron chi connectivity index (χ1n) is 10.5. The molecule has 0 aromatic heterocycles. The molecule has 0 aliphatic heterocycles. The molecule has 0 aliphatic rings. The molecule has 154 valence electrons. The van der Waals surface area contributed by atoms with E-state index in [1.165, 1.54) is 11.1 Å². The molecule has 0 amide bonds. The SMILES string of the molecule is CCC(O)CN(CCN(Cc1ccccc1)CC(O)CC)Cc1ccccc1. The number of aliphatic hydroxyl groups excluding tert-OH is 2. The van der Waals surface area contributed by atoms with Crippen LogP contribution in [0, 0.1) is 0 Å². The zero-order valence-electron chi connectivity index (χ0n) is 17.4. The number of nitrogens with zero attached hydrogens (tertiary/aromatic N) is 2. The number of rotatable bonds is 13. The normalized spacial score (nSPS) is 13.8. The van der Waals surface area contributed by atoms with Crippen molar-refractivity contribution in [1.82, 2.24) is 9.80 Å². The van der Waals surface area contributed by atoms with Crippen molar-refractivity contribution in [1.29, 1.82) is 0 Å². The van der Waals surface area contributed by atoms with Crippen molar-refractivity contribution in [2.24, 2.45) is 0 Å². The standard InChI is InChI=1S/C24H36N2O2/c1-3-23(27)19-25(17-21-11-7-5-8-12-21)15-16-26(20-24(28)4-2)18-22-13-9-6-10-14-22/h5-14,23-24,27-28H,3-4,15-20H2,1-2H3. The Hall–Kier alpha value is -1.72. The Morgan fingerprint density at radius 3 is 1.32 bits per heavy atom. The van der Waals surface area contributed by atoms with Crippen LogP contribution in [-0.2, 0) is 13.1 Å². The summed E-state index contributed by atoms with van der Waals surface area (Å²) >= 11 is 0. The van der Waals surface area contributed by atoms with Crippen LogP contribution in [0.5, 0.6) is 0 Å². The molecule has 0 fully saturated rings. The van der Waals surface area contributed by atoms with Gasteiger partial charge < -0.3 is 10.2 Å². The largest absolute Gasteiger partial charge is 0.392 e. The van der Waals surface area contributed by atoms with Crippen LogP contribution in [0.15, 0.2) is 60.7 Å². The molecule has 0 heterocycles. The van der Waals surface area contributed by atoms with Crippen LogP contribution in [0.2, 0.25) is 0 Å². The highest BCUT2D eigenvalue weighted by Crippen LogP contribution is 2.10. The highest BCUT2D eigenvalue weighted by Gasteiger charge is 2.15. The van der Waals surface area contributed by atoms with E-state index in [2.05, 4.69) is 58.3 Å². The van der Waals surface area contributed by atoms with Gasteiger partial charge in [0.25, 0.3) is 0 Å². The fraction of sp³-hybridized carbons (Fsp3) is 0.500. The van der Waals surface area contributed by atoms with Gasteiger partial charge in [-0.25, -0.2) is 0 Å². The molecule has 4 nitrogen and oxygen atoms in total. The van der Waals surface area contributed by atoms with E-state index in [1.807, 2.05) is 26.0 Å². The maximum absolute atomic E-state index is 10.2. The van der Waals surface area contributed by atoms with E-state index < -0.39 is 0 Å². The predicted octanol–water partition coefficient (Wildman–Crippen LogP) is 3.53. The van der Waals surface area contributed by atoms with E-state index in [1.54, 1.807) is 0 Å². The molecule has 0 aliphatic carbocycles. The number of hydrogen-bond donors (Lipinski definition) is 2. The summed E-state index contributed by atoms with van der Waals surface area (Å²) in [5, 5.41) is 20.4. The summed E-state index contributed by atoms with van der Waals surface area (Å²) in [6.45, 7) is 8.74. The topological polar surface area (TPSA) is 46.9 Å². The molecule has 2 aromatic carbocycles. The maximum atomic E-state index is 10.2. The van der Waals surface area contributed by atoms with Crippen molar-refractivity contribution in [3.63, 3.8) is 0 Å². The van der Waals surface area contributed by atoms with Crippen LogP contribution >= 0.6 is 0 Å². The predicted molar refractivity (Wildman–Crippen MR) is 116 cm³/mol. The summed E-state index contributed by atoms with van der Waals surface area (Å²) in [6, 6.07) is 20.8. The van der Waals surface area contributed by atoms with Crippen molar-refractivity contribution < 1.29 is 10.2 Å². The molecule has 0 saturated heterocycles. The lowest BCUT2D eigenvalue weighted by molar-refractivity contribution is 0.0770. The Balaban J connectivity index is 2.01. The molecule has 2 unspecified atom stereocenters. The van der Waals surface area contributed by atoms with Gasteiger partial charge in [-0.2, -0.15) is 0 Å². The Morgan fingerprint density at radius 1 is 0.643 bits per heavy atom. The minimum absolute atomic E-state index is 0.312. The first-order chi connectivity index (χ1) is 13.6. The average molecular weight is 385 g/mol. The monoisotopic (exact) mass is 384 g/mol. The molecule has 0 radical (unpaired) electrons. The van der Waals surface area contributed by atoms with E-state index in [4.69, 9.17) is 0 Å². The third-order valence-corrected chi connectivity index (χ3v) is 5.11. The van der Waals surface area contributed by atoms with Crippen molar-refractivity contribution >= 4 is 0 Å². The molecule has 2 atom stereocenters. The second kappa shape index (κ2) is 12.7. The second-order valence-corrected chi connectivity index (χ2v) is 7.57. The van der Waals surface area contributed by atoms with E-state index in [-0.39, 0.29) is 12.2 Å². The van der Waals surface area contributed by atoms with Gasteiger partial charge >= 0.3 is 0 Å². The summed E-state index contributed by atoms with van der Waals surface area (Å²) in [5.74, 6) is 0. The number of aliphatic hydroxyl groups is 2. The highest BCUT2D eigenvalue weighted by atomic mass is 16.3. The van der Waals surface area contributed by atoms with Crippen molar-refractivity contribution in [2.45, 2.75) is 52.0 Å². The third-order valence-electron chi connectivity index (χ3n) is 5.11. The lowest BCUT2D eigenvalue weighted by Crippen LogP contribution is -2.40. The van der Waals surface area contributed by atoms with E-state index in [0.717, 1.165) is 39.0 Å². The van der Waals surface area contributed by atoms with Crippen LogP contribution in [0.25, 0.3) is 0 Å². The highest BCUT2D eigenvalue weighted by molar-refractivity contribution is 5.15. The molecule has 0 saturated carbocycles. The average Bonchev–Trinajstić information content (AvgIpc) is 2.73. The van der Waals surface area contributed by atoms with Gasteiger partial charge in [-0.15, -0.1) is 0 Å². The lowest BCUT2D eigenvalue weighted by atomic mass is 10.1. The van der Waals surface area contributed by atoms with Gasteiger partial charge in [0, 0.05) is 39.3 Å². The molecule has 28 heavy (non-hydrogen) atoms. The summed E-state index contributed by atoms with van der Waals surface area (Å²) in [4.78, 5) is 4.64. The van der Waals surface area contributed by atoms with Crippen molar-refractivity contribution in [2.75, 3.05) is 26.2 Å². The van der Waals surface area contributed by atoms with Gasteiger partial charge in [0.05, 0.1) is 12.2 Å². The summed E-state index contributed by atoms with van der Waals surface area (Å²) in [7, 11) is 0. The van der Waals surface area contributed by atoms with Crippen LogP contribution in [0.4, 0.5) is 0 Å². The zero-order valence-corrected chi connectivity index (χ0v) is 17.4. The van der Waals surface area contributed by atoms with Crippen LogP contribution in [0.1, 0.15) is 37.8 Å². The lowest BCUT2D eigenvalue weighted by Gasteiger charge is -2.30. The van der Waals surface area contributed by atoms with Gasteiger partial charge in [-0.05, 0) is 24.0 Å². The van der Waals surface area contributed by atoms with Gasteiger partial charge in [0.1, 0.15) is 0 Å². The Morgan fingerprint density at radius 2 is 1.00 bits per heavy atom. The van der Waals surface area contributed by atoms with Gasteiger partial charge in [-0.1, -0.05) is 74.5 Å². The Kier molecular flexibility index (Phi) is 10.2. The smallest absolute Gasteiger partial charge is 0.0664 e. The fourth-order valence-electron chi connectivity index (χ4n) is 3.29. The molecule has 2 aromatic rings. The van der Waals surface area contributed by atoms with E-state index in [0.29, 0.717) is 13.1 Å². The molecule has 2 rings (SSSR count). The molecule has 4 heteroatoms. The molecule has 0 bridgehead atoms. The van der Waals surface area contributed by atoms with Crippen molar-refractivity contribution in [3.8, 4) is 0 Å². The first kappa shape index (κ1) is 22.6. The number of benzene rings is 2. The maximum Gasteiger partial charge on any atom is 0.0664 e. The zero-order chi connectivity index (χ0) is 20.2. The third kappa shape index (κ3) is 8.53. The molecule has 0 spiro atoms. The van der Waals surface area contributed by atoms with Crippen LogP contribution in [0.3, 0.4) is 0 Å². The quantitative estimate of drug-likeness (QED) is 0.555.